The third-order valence-corrected chi connectivity index (χ3v) is 4.07. The summed E-state index contributed by atoms with van der Waals surface area (Å²) in [6, 6.07) is 11.1. The lowest BCUT2D eigenvalue weighted by molar-refractivity contribution is -0.394. The van der Waals surface area contributed by atoms with Crippen LogP contribution in [0.1, 0.15) is 15.9 Å². The number of nitro benzene ring substituents is 2. The summed E-state index contributed by atoms with van der Waals surface area (Å²) in [5.74, 6) is -0.499. The monoisotopic (exact) mass is 408 g/mol. The van der Waals surface area contributed by atoms with Gasteiger partial charge in [-0.25, -0.2) is 4.68 Å². The largest absolute Gasteiger partial charge is 0.496 e. The van der Waals surface area contributed by atoms with Gasteiger partial charge in [-0.05, 0) is 18.2 Å². The molecule has 0 radical (unpaired) electrons. The van der Waals surface area contributed by atoms with Crippen molar-refractivity contribution in [3.8, 4) is 17.5 Å². The number of anilines is 1. The highest BCUT2D eigenvalue weighted by Crippen LogP contribution is 2.31. The van der Waals surface area contributed by atoms with Crippen molar-refractivity contribution in [1.82, 2.24) is 9.78 Å². The van der Waals surface area contributed by atoms with E-state index < -0.39 is 27.1 Å². The lowest BCUT2D eigenvalue weighted by Gasteiger charge is -2.11. The molecule has 12 nitrogen and oxygen atoms in total. The lowest BCUT2D eigenvalue weighted by atomic mass is 10.2. The van der Waals surface area contributed by atoms with Gasteiger partial charge in [-0.1, -0.05) is 12.1 Å². The van der Waals surface area contributed by atoms with Gasteiger partial charge in [0.05, 0.1) is 34.8 Å². The molecule has 150 valence electrons. The van der Waals surface area contributed by atoms with Gasteiger partial charge in [-0.2, -0.15) is 10.4 Å². The van der Waals surface area contributed by atoms with Crippen molar-refractivity contribution in [3.63, 3.8) is 0 Å². The molecule has 0 saturated heterocycles. The molecule has 0 unspecified atom stereocenters. The van der Waals surface area contributed by atoms with Crippen molar-refractivity contribution in [2.45, 2.75) is 0 Å². The highest BCUT2D eigenvalue weighted by atomic mass is 16.6. The van der Waals surface area contributed by atoms with Gasteiger partial charge in [0, 0.05) is 6.07 Å². The molecule has 1 amide bonds. The van der Waals surface area contributed by atoms with Gasteiger partial charge in [0.25, 0.3) is 11.6 Å². The highest BCUT2D eigenvalue weighted by molar-refractivity contribution is 6.06. The van der Waals surface area contributed by atoms with E-state index in [9.17, 15) is 30.3 Å². The number of aromatic nitrogens is 2. The zero-order valence-corrected chi connectivity index (χ0v) is 15.3. The Hall–Kier alpha value is -4.79. The Bertz CT molecular complexity index is 1210. The molecular weight excluding hydrogens is 396 g/mol. The van der Waals surface area contributed by atoms with Gasteiger partial charge < -0.3 is 10.1 Å². The number of hydrogen-bond donors (Lipinski definition) is 1. The van der Waals surface area contributed by atoms with Crippen LogP contribution in [0.4, 0.5) is 17.2 Å². The number of rotatable bonds is 6. The number of para-hydroxylation sites is 1. The van der Waals surface area contributed by atoms with E-state index in [1.165, 1.54) is 13.2 Å². The first-order valence-electron chi connectivity index (χ1n) is 8.23. The number of nitrogens with zero attached hydrogens (tertiary/aromatic N) is 5. The molecule has 0 aliphatic heterocycles. The smallest absolute Gasteiger partial charge is 0.301 e. The van der Waals surface area contributed by atoms with Crippen LogP contribution in [0.3, 0.4) is 0 Å². The summed E-state index contributed by atoms with van der Waals surface area (Å²) >= 11 is 0. The molecular formula is C18H12N6O6. The van der Waals surface area contributed by atoms with Crippen LogP contribution in [0.15, 0.2) is 48.7 Å². The Labute approximate surface area is 168 Å². The molecule has 0 spiro atoms. The molecule has 30 heavy (non-hydrogen) atoms. The van der Waals surface area contributed by atoms with Gasteiger partial charge in [0.2, 0.25) is 0 Å². The number of hydrogen-bond acceptors (Lipinski definition) is 8. The van der Waals surface area contributed by atoms with E-state index in [4.69, 9.17) is 4.74 Å². The number of non-ortho nitro benzene ring substituents is 1. The zero-order valence-electron chi connectivity index (χ0n) is 15.3. The zero-order chi connectivity index (χ0) is 21.8. The average Bonchev–Trinajstić information content (AvgIpc) is 3.15. The minimum atomic E-state index is -0.818. The van der Waals surface area contributed by atoms with E-state index in [0.29, 0.717) is 0 Å². The van der Waals surface area contributed by atoms with E-state index in [0.717, 1.165) is 29.1 Å². The first kappa shape index (κ1) is 20.0. The van der Waals surface area contributed by atoms with Crippen LogP contribution in [0.2, 0.25) is 0 Å². The maximum Gasteiger partial charge on any atom is 0.301 e. The highest BCUT2D eigenvalue weighted by Gasteiger charge is 2.25. The second-order valence-corrected chi connectivity index (χ2v) is 5.77. The van der Waals surface area contributed by atoms with Crippen molar-refractivity contribution in [2.24, 2.45) is 0 Å². The van der Waals surface area contributed by atoms with Gasteiger partial charge in [-0.3, -0.25) is 25.0 Å². The molecule has 3 rings (SSSR count). The number of carbonyl (C=O) groups is 1. The van der Waals surface area contributed by atoms with Crippen LogP contribution >= 0.6 is 0 Å². The van der Waals surface area contributed by atoms with E-state index in [2.05, 4.69) is 10.4 Å². The summed E-state index contributed by atoms with van der Waals surface area (Å²) in [5.41, 5.74) is -1.18. The quantitative estimate of drug-likeness (QED) is 0.480. The minimum Gasteiger partial charge on any atom is -0.496 e. The molecule has 1 N–H and O–H groups in total. The number of nitrogens with one attached hydrogen (secondary N) is 1. The fraction of sp³-hybridized carbons (Fsp3) is 0.0556. The van der Waals surface area contributed by atoms with Gasteiger partial charge in [-0.15, -0.1) is 0 Å². The third-order valence-electron chi connectivity index (χ3n) is 4.07. The molecule has 3 aromatic rings. The predicted molar refractivity (Wildman–Crippen MR) is 103 cm³/mol. The van der Waals surface area contributed by atoms with E-state index >= 15 is 0 Å². The Kier molecular flexibility index (Phi) is 5.37. The second kappa shape index (κ2) is 8.07. The van der Waals surface area contributed by atoms with Crippen molar-refractivity contribution < 1.29 is 19.4 Å². The molecule has 2 aromatic carbocycles. The topological polar surface area (TPSA) is 166 Å². The molecule has 0 aliphatic rings. The standard InChI is InChI=1S/C18H12N6O6/c1-30-16-5-3-2-4-13(16)18(25)21-17-11(9-19)10-20-22(17)14-7-6-12(23(26)27)8-15(14)24(28)29/h2-8,10H,1H3,(H,21,25). The van der Waals surface area contributed by atoms with Crippen molar-refractivity contribution >= 4 is 23.1 Å². The fourth-order valence-corrected chi connectivity index (χ4v) is 2.69. The van der Waals surface area contributed by atoms with Gasteiger partial charge in [0.15, 0.2) is 5.82 Å². The summed E-state index contributed by atoms with van der Waals surface area (Å²) in [5, 5.41) is 38.2. The summed E-state index contributed by atoms with van der Waals surface area (Å²) in [6.07, 6.45) is 1.11. The average molecular weight is 408 g/mol. The molecule has 0 bridgehead atoms. The summed E-state index contributed by atoms with van der Waals surface area (Å²) in [7, 11) is 1.39. The maximum absolute atomic E-state index is 12.7. The van der Waals surface area contributed by atoms with Crippen LogP contribution in [-0.4, -0.2) is 32.6 Å². The van der Waals surface area contributed by atoms with E-state index in [1.54, 1.807) is 18.2 Å². The van der Waals surface area contributed by atoms with Gasteiger partial charge >= 0.3 is 5.69 Å². The van der Waals surface area contributed by atoms with E-state index in [-0.39, 0.29) is 28.4 Å². The number of ether oxygens (including phenoxy) is 1. The molecule has 0 aliphatic carbocycles. The molecule has 1 aromatic heterocycles. The Morgan fingerprint density at radius 3 is 2.57 bits per heavy atom. The van der Waals surface area contributed by atoms with Gasteiger partial charge in [0.1, 0.15) is 23.1 Å². The number of carbonyl (C=O) groups excluding carboxylic acids is 1. The predicted octanol–water partition coefficient (Wildman–Crippen LogP) is 2.82. The first-order valence-corrected chi connectivity index (χ1v) is 8.23. The lowest BCUT2D eigenvalue weighted by Crippen LogP contribution is -2.17. The number of nitro groups is 2. The maximum atomic E-state index is 12.7. The second-order valence-electron chi connectivity index (χ2n) is 5.77. The van der Waals surface area contributed by atoms with Crippen LogP contribution in [0.25, 0.3) is 5.69 Å². The molecule has 0 atom stereocenters. The normalized spacial score (nSPS) is 10.1. The number of amides is 1. The SMILES string of the molecule is COc1ccccc1C(=O)Nc1c(C#N)cnn1-c1ccc([N+](=O)[O-])cc1[N+](=O)[O-]. The summed E-state index contributed by atoms with van der Waals surface area (Å²) in [6.45, 7) is 0. The molecule has 0 fully saturated rings. The molecule has 1 heterocycles. The Morgan fingerprint density at radius 1 is 1.20 bits per heavy atom. The first-order chi connectivity index (χ1) is 14.4. The van der Waals surface area contributed by atoms with Crippen LogP contribution < -0.4 is 10.1 Å². The van der Waals surface area contributed by atoms with Crippen molar-refractivity contribution in [2.75, 3.05) is 12.4 Å². The van der Waals surface area contributed by atoms with Crippen molar-refractivity contribution in [1.29, 1.82) is 5.26 Å². The number of nitriles is 1. The molecule has 0 saturated carbocycles. The summed E-state index contributed by atoms with van der Waals surface area (Å²) in [4.78, 5) is 33.6. The number of benzene rings is 2. The van der Waals surface area contributed by atoms with Crippen LogP contribution in [-0.2, 0) is 0 Å². The van der Waals surface area contributed by atoms with Crippen LogP contribution in [0.5, 0.6) is 5.75 Å². The summed E-state index contributed by atoms with van der Waals surface area (Å²) < 4.78 is 6.11. The fourth-order valence-electron chi connectivity index (χ4n) is 2.69. The number of methoxy groups -OCH3 is 1. The van der Waals surface area contributed by atoms with E-state index in [1.807, 2.05) is 6.07 Å². The Morgan fingerprint density at radius 2 is 1.93 bits per heavy atom. The Balaban J connectivity index is 2.11. The van der Waals surface area contributed by atoms with Crippen LogP contribution in [0, 0.1) is 31.6 Å². The van der Waals surface area contributed by atoms with Crippen molar-refractivity contribution in [3.05, 3.63) is 80.0 Å². The minimum absolute atomic E-state index is 0.0640. The third kappa shape index (κ3) is 3.62. The molecule has 12 heteroatoms.